The Bertz CT molecular complexity index is 1150. The van der Waals surface area contributed by atoms with Crippen molar-refractivity contribution in [1.82, 2.24) is 10.5 Å². The van der Waals surface area contributed by atoms with Crippen LogP contribution in [0.4, 0.5) is 5.82 Å². The van der Waals surface area contributed by atoms with Crippen molar-refractivity contribution in [2.75, 3.05) is 25.3 Å². The van der Waals surface area contributed by atoms with Crippen LogP contribution in [-0.4, -0.2) is 59.6 Å². The Hall–Kier alpha value is -4.00. The van der Waals surface area contributed by atoms with Crippen LogP contribution in [0.1, 0.15) is 16.1 Å². The topological polar surface area (TPSA) is 168 Å². The minimum Gasteiger partial charge on any atom is -0.493 e. The Labute approximate surface area is 186 Å². The number of hydrogen-bond donors (Lipinski definition) is 3. The number of aryl methyl sites for hydroxylation is 1. The predicted molar refractivity (Wildman–Crippen MR) is 117 cm³/mol. The lowest BCUT2D eigenvalue weighted by Gasteiger charge is -2.14. The van der Waals surface area contributed by atoms with Gasteiger partial charge in [-0.1, -0.05) is 16.9 Å². The molecule has 3 rings (SSSR count). The van der Waals surface area contributed by atoms with Gasteiger partial charge < -0.3 is 19.3 Å². The molecule has 1 aromatic carbocycles. The summed E-state index contributed by atoms with van der Waals surface area (Å²) >= 11 is 0.902. The molecule has 3 amide bonds. The van der Waals surface area contributed by atoms with Crippen molar-refractivity contribution in [1.29, 1.82) is 5.41 Å². The molecule has 0 unspecified atom stereocenters. The fraction of sp³-hybridized carbons (Fsp3) is 0.211. The standard InChI is InChI=1S/C19H18N6O6S/c1-9-6-13(25-31-9)21-14(26)8-32-19-23-16(20)15(18(28)24-19)22-17(27)10-4-5-11(29-2)12(7-10)30-3/h4-7H,8H2,1-3H3,(H,21,25,26)(H2,20,23,24,28). The summed E-state index contributed by atoms with van der Waals surface area (Å²) in [6.45, 7) is 1.68. The van der Waals surface area contributed by atoms with Gasteiger partial charge in [0, 0.05) is 11.6 Å². The SMILES string of the molecule is COc1ccc(C(=O)N=C2C(=N)N=C(SCC(=O)Nc3cc(C)on3)NC2=O)cc1OC. The summed E-state index contributed by atoms with van der Waals surface area (Å²) in [6, 6.07) is 5.94. The number of rotatable bonds is 6. The average molecular weight is 458 g/mol. The van der Waals surface area contributed by atoms with E-state index in [1.165, 1.54) is 32.4 Å². The number of amidine groups is 2. The number of amides is 3. The molecule has 0 spiro atoms. The molecule has 12 nitrogen and oxygen atoms in total. The van der Waals surface area contributed by atoms with Gasteiger partial charge in [-0.2, -0.15) is 4.99 Å². The predicted octanol–water partition coefficient (Wildman–Crippen LogP) is 1.42. The van der Waals surface area contributed by atoms with Crippen molar-refractivity contribution in [3.63, 3.8) is 0 Å². The number of anilines is 1. The second-order valence-electron chi connectivity index (χ2n) is 6.21. The molecule has 166 valence electrons. The molecular weight excluding hydrogens is 440 g/mol. The van der Waals surface area contributed by atoms with Gasteiger partial charge in [-0.15, -0.1) is 0 Å². The highest BCUT2D eigenvalue weighted by Gasteiger charge is 2.26. The Kier molecular flexibility index (Phi) is 7.00. The molecule has 0 atom stereocenters. The zero-order valence-electron chi connectivity index (χ0n) is 17.2. The second-order valence-corrected chi connectivity index (χ2v) is 7.18. The maximum Gasteiger partial charge on any atom is 0.279 e. The van der Waals surface area contributed by atoms with E-state index >= 15 is 0 Å². The maximum absolute atomic E-state index is 12.5. The highest BCUT2D eigenvalue weighted by Crippen LogP contribution is 2.27. The number of nitrogens with zero attached hydrogens (tertiary/aromatic N) is 3. The second kappa shape index (κ2) is 9.87. The summed E-state index contributed by atoms with van der Waals surface area (Å²) in [5.41, 5.74) is -0.309. The van der Waals surface area contributed by atoms with Crippen molar-refractivity contribution in [3.8, 4) is 11.5 Å². The van der Waals surface area contributed by atoms with E-state index < -0.39 is 29.3 Å². The third kappa shape index (κ3) is 5.37. The Morgan fingerprint density at radius 2 is 2.00 bits per heavy atom. The average Bonchev–Trinajstić information content (AvgIpc) is 3.18. The highest BCUT2D eigenvalue weighted by molar-refractivity contribution is 8.14. The number of methoxy groups -OCH3 is 2. The van der Waals surface area contributed by atoms with Gasteiger partial charge in [0.05, 0.1) is 20.0 Å². The molecule has 0 aliphatic carbocycles. The van der Waals surface area contributed by atoms with Gasteiger partial charge in [-0.05, 0) is 25.1 Å². The van der Waals surface area contributed by atoms with E-state index in [9.17, 15) is 14.4 Å². The molecule has 1 aromatic heterocycles. The van der Waals surface area contributed by atoms with Crippen LogP contribution >= 0.6 is 11.8 Å². The quantitative estimate of drug-likeness (QED) is 0.584. The van der Waals surface area contributed by atoms with Crippen molar-refractivity contribution in [2.24, 2.45) is 9.98 Å². The normalized spacial score (nSPS) is 14.6. The third-order valence-electron chi connectivity index (χ3n) is 3.95. The van der Waals surface area contributed by atoms with Crippen molar-refractivity contribution in [3.05, 3.63) is 35.6 Å². The zero-order chi connectivity index (χ0) is 23.3. The minimum absolute atomic E-state index is 0.0315. The van der Waals surface area contributed by atoms with Crippen LogP contribution in [0.3, 0.4) is 0 Å². The third-order valence-corrected chi connectivity index (χ3v) is 4.83. The van der Waals surface area contributed by atoms with Gasteiger partial charge in [0.25, 0.3) is 11.8 Å². The van der Waals surface area contributed by atoms with E-state index in [-0.39, 0.29) is 22.3 Å². The van der Waals surface area contributed by atoms with Gasteiger partial charge in [0.2, 0.25) is 5.91 Å². The number of aliphatic imine (C=N–C) groups is 2. The van der Waals surface area contributed by atoms with E-state index in [4.69, 9.17) is 19.4 Å². The number of thioether (sulfide) groups is 1. The summed E-state index contributed by atoms with van der Waals surface area (Å²) in [7, 11) is 2.88. The highest BCUT2D eigenvalue weighted by atomic mass is 32.2. The Morgan fingerprint density at radius 1 is 1.25 bits per heavy atom. The molecule has 0 fully saturated rings. The van der Waals surface area contributed by atoms with Gasteiger partial charge in [-0.25, -0.2) is 4.99 Å². The van der Waals surface area contributed by atoms with E-state index in [0.717, 1.165) is 11.8 Å². The van der Waals surface area contributed by atoms with Crippen LogP contribution in [0.15, 0.2) is 38.8 Å². The maximum atomic E-state index is 12.5. The summed E-state index contributed by atoms with van der Waals surface area (Å²) in [4.78, 5) is 44.4. The summed E-state index contributed by atoms with van der Waals surface area (Å²) in [6.07, 6.45) is 0. The monoisotopic (exact) mass is 458 g/mol. The van der Waals surface area contributed by atoms with Crippen LogP contribution in [0.25, 0.3) is 0 Å². The first-order valence-corrected chi connectivity index (χ1v) is 9.99. The number of ether oxygens (including phenoxy) is 2. The van der Waals surface area contributed by atoms with Crippen LogP contribution < -0.4 is 20.1 Å². The first-order valence-electron chi connectivity index (χ1n) is 9.00. The zero-order valence-corrected chi connectivity index (χ0v) is 18.0. The first kappa shape index (κ1) is 22.7. The van der Waals surface area contributed by atoms with Gasteiger partial charge in [0.1, 0.15) is 5.76 Å². The first-order chi connectivity index (χ1) is 15.3. The molecule has 1 aliphatic heterocycles. The molecular formula is C19H18N6O6S. The largest absolute Gasteiger partial charge is 0.493 e. The molecule has 13 heteroatoms. The number of hydrogen-bond acceptors (Lipinski definition) is 9. The van der Waals surface area contributed by atoms with Crippen LogP contribution in [-0.2, 0) is 9.59 Å². The van der Waals surface area contributed by atoms with Gasteiger partial charge in [-0.3, -0.25) is 25.1 Å². The van der Waals surface area contributed by atoms with Crippen molar-refractivity contribution in [2.45, 2.75) is 6.92 Å². The summed E-state index contributed by atoms with van der Waals surface area (Å²) < 4.78 is 15.1. The van der Waals surface area contributed by atoms with E-state index in [1.807, 2.05) is 0 Å². The molecule has 2 aromatic rings. The number of aromatic nitrogens is 1. The Balaban J connectivity index is 1.66. The fourth-order valence-electron chi connectivity index (χ4n) is 2.49. The molecule has 32 heavy (non-hydrogen) atoms. The van der Waals surface area contributed by atoms with Gasteiger partial charge in [0.15, 0.2) is 34.0 Å². The molecule has 2 heterocycles. The van der Waals surface area contributed by atoms with E-state index in [0.29, 0.717) is 17.3 Å². The van der Waals surface area contributed by atoms with E-state index in [1.54, 1.807) is 13.0 Å². The van der Waals surface area contributed by atoms with Crippen molar-refractivity contribution < 1.29 is 28.4 Å². The molecule has 0 saturated heterocycles. The number of carbonyl (C=O) groups is 3. The summed E-state index contributed by atoms with van der Waals surface area (Å²) in [5.74, 6) is -1.00. The number of nitrogens with one attached hydrogen (secondary N) is 3. The van der Waals surface area contributed by atoms with Crippen molar-refractivity contribution >= 4 is 52.0 Å². The lowest BCUT2D eigenvalue weighted by molar-refractivity contribution is -0.114. The molecule has 3 N–H and O–H groups in total. The smallest absolute Gasteiger partial charge is 0.279 e. The van der Waals surface area contributed by atoms with Crippen LogP contribution in [0.5, 0.6) is 11.5 Å². The number of benzene rings is 1. The minimum atomic E-state index is -0.783. The molecule has 0 radical (unpaired) electrons. The van der Waals surface area contributed by atoms with E-state index in [2.05, 4.69) is 25.8 Å². The summed E-state index contributed by atoms with van der Waals surface area (Å²) in [5, 5.41) is 16.6. The lowest BCUT2D eigenvalue weighted by atomic mass is 10.2. The fourth-order valence-corrected chi connectivity index (χ4v) is 3.15. The van der Waals surface area contributed by atoms with Gasteiger partial charge >= 0.3 is 0 Å². The lowest BCUT2D eigenvalue weighted by Crippen LogP contribution is -2.43. The molecule has 1 aliphatic rings. The molecule has 0 saturated carbocycles. The number of carbonyl (C=O) groups excluding carboxylic acids is 3. The van der Waals surface area contributed by atoms with Crippen LogP contribution in [0.2, 0.25) is 0 Å². The molecule has 0 bridgehead atoms. The Morgan fingerprint density at radius 3 is 2.62 bits per heavy atom. The van der Waals surface area contributed by atoms with Crippen LogP contribution in [0, 0.1) is 12.3 Å².